The van der Waals surface area contributed by atoms with Gasteiger partial charge in [-0.1, -0.05) is 136 Å². The summed E-state index contributed by atoms with van der Waals surface area (Å²) in [6.45, 7) is 2.62. The van der Waals surface area contributed by atoms with Crippen molar-refractivity contribution in [1.82, 2.24) is 0 Å². The van der Waals surface area contributed by atoms with E-state index in [0.717, 1.165) is 11.3 Å². The molecule has 45 heavy (non-hydrogen) atoms. The minimum absolute atomic E-state index is 0. The van der Waals surface area contributed by atoms with E-state index in [1.165, 1.54) is 91.2 Å². The van der Waals surface area contributed by atoms with Crippen molar-refractivity contribution in [2.24, 2.45) is 0 Å². The Labute approximate surface area is 285 Å². The van der Waals surface area contributed by atoms with Crippen LogP contribution >= 0.6 is 15.8 Å². The Morgan fingerprint density at radius 3 is 1.56 bits per heavy atom. The zero-order valence-electron chi connectivity index (χ0n) is 26.8. The molecule has 2 fully saturated rings. The third kappa shape index (κ3) is 8.56. The quantitative estimate of drug-likeness (QED) is 0.0876. The van der Waals surface area contributed by atoms with Crippen molar-refractivity contribution in [1.29, 1.82) is 0 Å². The predicted molar refractivity (Wildman–Crippen MR) is 197 cm³/mol. The third-order valence-corrected chi connectivity index (χ3v) is 16.2. The molecule has 2 aliphatic rings. The van der Waals surface area contributed by atoms with E-state index >= 15 is 0 Å². The van der Waals surface area contributed by atoms with Crippen LogP contribution in [0, 0.1) is 0 Å². The summed E-state index contributed by atoms with van der Waals surface area (Å²) in [5.41, 5.74) is 7.18. The van der Waals surface area contributed by atoms with E-state index in [0.29, 0.717) is 5.66 Å². The van der Waals surface area contributed by atoms with Crippen molar-refractivity contribution in [3.8, 4) is 11.1 Å². The van der Waals surface area contributed by atoms with Gasteiger partial charge in [-0.25, -0.2) is 0 Å². The number of rotatable bonds is 8. The van der Waals surface area contributed by atoms with Crippen LogP contribution < -0.4 is 15.9 Å². The molecule has 0 radical (unpaired) electrons. The topological polar surface area (TPSA) is 0 Å². The van der Waals surface area contributed by atoms with Crippen LogP contribution in [0.25, 0.3) is 11.1 Å². The number of hydrogen-bond donors (Lipinski definition) is 0. The van der Waals surface area contributed by atoms with Gasteiger partial charge in [-0.3, -0.25) is 0 Å². The van der Waals surface area contributed by atoms with Gasteiger partial charge in [0.1, 0.15) is 0 Å². The first-order chi connectivity index (χ1) is 21.8. The summed E-state index contributed by atoms with van der Waals surface area (Å²) in [5.74, 6) is 0. The minimum Gasteiger partial charge on any atom is -0.748 e. The van der Waals surface area contributed by atoms with Crippen LogP contribution in [0.5, 0.6) is 0 Å². The molecule has 5 aromatic rings. The van der Waals surface area contributed by atoms with Crippen molar-refractivity contribution in [3.63, 3.8) is 0 Å². The molecule has 3 heteroatoms. The van der Waals surface area contributed by atoms with Gasteiger partial charge in [0, 0.05) is 17.1 Å². The predicted octanol–water partition coefficient (Wildman–Crippen LogP) is 11.4. The van der Waals surface area contributed by atoms with Gasteiger partial charge in [0.15, 0.2) is 0 Å². The first-order valence-corrected chi connectivity index (χ1v) is 19.9. The number of benzene rings is 3. The van der Waals surface area contributed by atoms with Crippen molar-refractivity contribution in [3.05, 3.63) is 139 Å². The van der Waals surface area contributed by atoms with Crippen LogP contribution in [0.15, 0.2) is 133 Å². The molecule has 5 aromatic carbocycles. The van der Waals surface area contributed by atoms with Gasteiger partial charge in [-0.2, -0.15) is 12.1 Å². The molecule has 7 rings (SSSR count). The average molecular weight is 671 g/mol. The van der Waals surface area contributed by atoms with E-state index in [1.807, 2.05) is 30.3 Å². The number of hydrogen-bond acceptors (Lipinski definition) is 0. The minimum atomic E-state index is -0.637. The SMILES string of the molecule is CC([c-]1cccc1-c1ccccc1P(c1ccccc1)c1ccccc1)P(C1CCCCC1)C1CCCCC1.[Fe].[cH-]1[cH-][cH-][cH-][cH-]1. The molecule has 240 valence electrons. The molecule has 0 bridgehead atoms. The fraction of sp³-hybridized carbons (Fsp3) is 0.333. The molecule has 2 saturated carbocycles. The summed E-state index contributed by atoms with van der Waals surface area (Å²) in [4.78, 5) is 0. The Bertz CT molecular complexity index is 1420. The second-order valence-corrected chi connectivity index (χ2v) is 17.9. The van der Waals surface area contributed by atoms with Gasteiger partial charge < -0.3 is 30.3 Å². The molecule has 0 nitrogen and oxygen atoms in total. The van der Waals surface area contributed by atoms with Crippen LogP contribution in [0.2, 0.25) is 0 Å². The van der Waals surface area contributed by atoms with Gasteiger partial charge in [-0.05, 0) is 66.5 Å². The van der Waals surface area contributed by atoms with Crippen molar-refractivity contribution >= 4 is 31.8 Å². The molecule has 0 N–H and O–H groups in total. The van der Waals surface area contributed by atoms with E-state index in [4.69, 9.17) is 0 Å². The molecule has 0 saturated heterocycles. The second kappa shape index (κ2) is 17.6. The zero-order valence-corrected chi connectivity index (χ0v) is 29.6. The summed E-state index contributed by atoms with van der Waals surface area (Å²) >= 11 is 0. The van der Waals surface area contributed by atoms with Crippen molar-refractivity contribution in [2.45, 2.75) is 88.1 Å². The monoisotopic (exact) mass is 670 g/mol. The van der Waals surface area contributed by atoms with Gasteiger partial charge >= 0.3 is 0 Å². The maximum absolute atomic E-state index is 2.62. The van der Waals surface area contributed by atoms with Crippen LogP contribution in [0.3, 0.4) is 0 Å². The molecule has 0 amide bonds. The molecular weight excluding hydrogens is 622 g/mol. The summed E-state index contributed by atoms with van der Waals surface area (Å²) < 4.78 is 0. The molecule has 1 unspecified atom stereocenters. The van der Waals surface area contributed by atoms with Crippen molar-refractivity contribution in [2.75, 3.05) is 0 Å². The van der Waals surface area contributed by atoms with E-state index in [-0.39, 0.29) is 25.0 Å². The fourth-order valence-electron chi connectivity index (χ4n) is 7.69. The Morgan fingerprint density at radius 2 is 1.04 bits per heavy atom. The normalized spacial score (nSPS) is 16.5. The van der Waals surface area contributed by atoms with Crippen LogP contribution in [0.1, 0.15) is 82.4 Å². The Kier molecular flexibility index (Phi) is 13.3. The van der Waals surface area contributed by atoms with Gasteiger partial charge in [-0.15, -0.1) is 25.1 Å². The molecule has 0 aliphatic heterocycles. The summed E-state index contributed by atoms with van der Waals surface area (Å²) in [7, 11) is -0.660. The largest absolute Gasteiger partial charge is 0.748 e. The van der Waals surface area contributed by atoms with E-state index < -0.39 is 7.92 Å². The van der Waals surface area contributed by atoms with E-state index in [2.05, 4.69) is 110 Å². The average Bonchev–Trinajstić information content (AvgIpc) is 3.84. The fourth-order valence-corrected chi connectivity index (χ4v) is 14.5. The standard InChI is InChI=1S/C37H43P2.C5H5.Fe/c1-29(38(30-17-6-2-7-18-30)31-19-8-3-9-20-31)34-26-16-27-35(34)36-25-14-15-28-37(36)39(32-21-10-4-11-22-32)33-23-12-5-13-24-33;1-2-4-5-3-1;/h4-5,10-16,21-31H,2-3,6-9,17-20H2,1H3;1-5H;/q-1;-5;. The summed E-state index contributed by atoms with van der Waals surface area (Å²) in [6, 6.07) is 49.0. The molecule has 2 aliphatic carbocycles. The maximum atomic E-state index is 2.62. The third-order valence-electron chi connectivity index (χ3n) is 9.76. The van der Waals surface area contributed by atoms with E-state index in [9.17, 15) is 0 Å². The summed E-state index contributed by atoms with van der Waals surface area (Å²) in [5, 5.41) is 4.35. The first kappa shape index (κ1) is 34.1. The Morgan fingerprint density at radius 1 is 0.578 bits per heavy atom. The smallest absolute Gasteiger partial charge is 0 e. The van der Waals surface area contributed by atoms with Gasteiger partial charge in [0.05, 0.1) is 0 Å². The molecule has 0 heterocycles. The Hall–Kier alpha value is -2.26. The molecular formula is C42H48FeP2-6. The molecule has 0 aromatic heterocycles. The van der Waals surface area contributed by atoms with Crippen molar-refractivity contribution < 1.29 is 17.1 Å². The zero-order chi connectivity index (χ0) is 30.0. The van der Waals surface area contributed by atoms with Crippen LogP contribution in [0.4, 0.5) is 0 Å². The first-order valence-electron chi connectivity index (χ1n) is 17.0. The molecule has 1 atom stereocenters. The van der Waals surface area contributed by atoms with Crippen LogP contribution in [-0.4, -0.2) is 11.3 Å². The Balaban J connectivity index is 0.000000609. The maximum Gasteiger partial charge on any atom is 0 e. The molecule has 0 spiro atoms. The van der Waals surface area contributed by atoms with E-state index in [1.54, 1.807) is 5.56 Å². The van der Waals surface area contributed by atoms with Crippen LogP contribution in [-0.2, 0) is 17.1 Å². The summed E-state index contributed by atoms with van der Waals surface area (Å²) in [6.07, 6.45) is 14.6. The van der Waals surface area contributed by atoms with Gasteiger partial charge in [0.25, 0.3) is 0 Å². The van der Waals surface area contributed by atoms with Gasteiger partial charge in [0.2, 0.25) is 0 Å². The second-order valence-electron chi connectivity index (χ2n) is 12.6.